The molecule has 1 aromatic carbocycles. The number of aliphatic hydroxyl groups is 1. The molecule has 1 aromatic heterocycles. The summed E-state index contributed by atoms with van der Waals surface area (Å²) in [5.74, 6) is 0.563. The molecule has 6 heteroatoms. The average Bonchev–Trinajstić information content (AvgIpc) is 2.38. The first kappa shape index (κ1) is 15.0. The number of hydrogen-bond acceptors (Lipinski definition) is 3. The zero-order chi connectivity index (χ0) is 14.7. The second kappa shape index (κ2) is 6.39. The van der Waals surface area contributed by atoms with Crippen LogP contribution in [0.3, 0.4) is 0 Å². The number of aliphatic hydroxyl groups excluding tert-OH is 1. The lowest BCUT2D eigenvalue weighted by Crippen LogP contribution is -2.20. The van der Waals surface area contributed by atoms with Crippen LogP contribution in [0.2, 0.25) is 10.0 Å². The second-order valence-corrected chi connectivity index (χ2v) is 5.29. The van der Waals surface area contributed by atoms with Gasteiger partial charge in [0.25, 0.3) is 5.56 Å². The minimum Gasteiger partial charge on any atom is -0.396 e. The molecule has 0 unspecified atom stereocenters. The van der Waals surface area contributed by atoms with Crippen molar-refractivity contribution in [3.05, 3.63) is 61.2 Å². The highest BCUT2D eigenvalue weighted by molar-refractivity contribution is 6.42. The van der Waals surface area contributed by atoms with E-state index in [0.29, 0.717) is 40.0 Å². The monoisotopic (exact) mass is 312 g/mol. The van der Waals surface area contributed by atoms with Crippen molar-refractivity contribution < 1.29 is 5.11 Å². The fraction of sp³-hybridized carbons (Fsp3) is 0.286. The molecule has 20 heavy (non-hydrogen) atoms. The Morgan fingerprint density at radius 3 is 2.65 bits per heavy atom. The van der Waals surface area contributed by atoms with Gasteiger partial charge in [-0.3, -0.25) is 4.79 Å². The first-order chi connectivity index (χ1) is 9.51. The number of rotatable bonds is 4. The Bertz CT molecular complexity index is 683. The van der Waals surface area contributed by atoms with E-state index in [1.165, 1.54) is 0 Å². The number of aromatic amines is 1. The lowest BCUT2D eigenvalue weighted by molar-refractivity contribution is 0.298. The molecule has 0 aliphatic heterocycles. The van der Waals surface area contributed by atoms with Crippen molar-refractivity contribution in [2.24, 2.45) is 0 Å². The van der Waals surface area contributed by atoms with Crippen LogP contribution in [0.1, 0.15) is 22.6 Å². The largest absolute Gasteiger partial charge is 0.396 e. The zero-order valence-corrected chi connectivity index (χ0v) is 12.4. The predicted molar refractivity (Wildman–Crippen MR) is 79.7 cm³/mol. The van der Waals surface area contributed by atoms with Crippen LogP contribution in [0, 0.1) is 6.92 Å². The molecule has 0 fully saturated rings. The van der Waals surface area contributed by atoms with Gasteiger partial charge in [-0.25, -0.2) is 4.98 Å². The summed E-state index contributed by atoms with van der Waals surface area (Å²) in [6.07, 6.45) is 0.771. The lowest BCUT2D eigenvalue weighted by atomic mass is 10.1. The van der Waals surface area contributed by atoms with Crippen molar-refractivity contribution in [1.29, 1.82) is 0 Å². The van der Waals surface area contributed by atoms with Gasteiger partial charge in [-0.2, -0.15) is 0 Å². The topological polar surface area (TPSA) is 66.0 Å². The quantitative estimate of drug-likeness (QED) is 0.911. The summed E-state index contributed by atoms with van der Waals surface area (Å²) in [6.45, 7) is 1.69. The van der Waals surface area contributed by atoms with E-state index in [0.717, 1.165) is 5.56 Å². The maximum absolute atomic E-state index is 11.9. The predicted octanol–water partition coefficient (Wildman–Crippen LogP) is 2.51. The number of halogens is 2. The van der Waals surface area contributed by atoms with Gasteiger partial charge in [0.15, 0.2) is 0 Å². The van der Waals surface area contributed by atoms with E-state index < -0.39 is 0 Å². The van der Waals surface area contributed by atoms with Crippen molar-refractivity contribution in [2.45, 2.75) is 19.8 Å². The third-order valence-corrected chi connectivity index (χ3v) is 3.73. The van der Waals surface area contributed by atoms with Crippen molar-refractivity contribution >= 4 is 23.2 Å². The normalized spacial score (nSPS) is 10.8. The van der Waals surface area contributed by atoms with Crippen molar-refractivity contribution in [3.63, 3.8) is 0 Å². The summed E-state index contributed by atoms with van der Waals surface area (Å²) in [4.78, 5) is 19.0. The molecule has 1 heterocycles. The Labute approximate surface area is 126 Å². The molecule has 0 atom stereocenters. The van der Waals surface area contributed by atoms with Gasteiger partial charge < -0.3 is 10.1 Å². The van der Waals surface area contributed by atoms with Crippen LogP contribution in [0.5, 0.6) is 0 Å². The van der Waals surface area contributed by atoms with Crippen LogP contribution in [0.4, 0.5) is 0 Å². The molecule has 0 aliphatic rings. The van der Waals surface area contributed by atoms with Crippen molar-refractivity contribution in [2.75, 3.05) is 6.61 Å². The van der Waals surface area contributed by atoms with Crippen LogP contribution >= 0.6 is 23.2 Å². The Kier molecular flexibility index (Phi) is 4.81. The highest BCUT2D eigenvalue weighted by Gasteiger charge is 2.09. The van der Waals surface area contributed by atoms with E-state index in [2.05, 4.69) is 9.97 Å². The first-order valence-corrected chi connectivity index (χ1v) is 6.90. The molecule has 4 nitrogen and oxygen atoms in total. The van der Waals surface area contributed by atoms with Crippen LogP contribution in [0.15, 0.2) is 23.0 Å². The van der Waals surface area contributed by atoms with Gasteiger partial charge in [0.2, 0.25) is 0 Å². The fourth-order valence-corrected chi connectivity index (χ4v) is 2.32. The summed E-state index contributed by atoms with van der Waals surface area (Å²) >= 11 is 11.8. The number of nitrogens with zero attached hydrogens (tertiary/aromatic N) is 1. The minimum absolute atomic E-state index is 0.0717. The van der Waals surface area contributed by atoms with Gasteiger partial charge in [0.05, 0.1) is 10.0 Å². The molecule has 0 spiro atoms. The number of aryl methyl sites for hydroxylation is 1. The van der Waals surface area contributed by atoms with E-state index in [1.807, 2.05) is 6.07 Å². The Morgan fingerprint density at radius 1 is 1.30 bits per heavy atom. The maximum Gasteiger partial charge on any atom is 0.254 e. The Hall–Kier alpha value is -1.36. The molecule has 0 saturated carbocycles. The minimum atomic E-state index is -0.207. The fourth-order valence-electron chi connectivity index (χ4n) is 2.00. The number of H-pyrrole nitrogens is 1. The second-order valence-electron chi connectivity index (χ2n) is 4.48. The lowest BCUT2D eigenvalue weighted by Gasteiger charge is -2.07. The van der Waals surface area contributed by atoms with E-state index in [9.17, 15) is 4.79 Å². The molecule has 0 bridgehead atoms. The summed E-state index contributed by atoms with van der Waals surface area (Å²) in [5.41, 5.74) is 1.86. The average molecular weight is 313 g/mol. The standard InChI is InChI=1S/C14H14Cl2N2O2/c1-8-10(4-5-19)14(20)18-13(17-8)7-9-2-3-11(15)12(16)6-9/h2-3,6,19H,4-5,7H2,1H3,(H,17,18,20). The maximum atomic E-state index is 11.9. The Balaban J connectivity index is 2.30. The van der Waals surface area contributed by atoms with Gasteiger partial charge in [0, 0.05) is 30.7 Å². The molecule has 0 aliphatic carbocycles. The van der Waals surface area contributed by atoms with Gasteiger partial charge in [-0.15, -0.1) is 0 Å². The van der Waals surface area contributed by atoms with Crippen LogP contribution in [-0.4, -0.2) is 21.7 Å². The molecule has 0 saturated heterocycles. The number of hydrogen-bond donors (Lipinski definition) is 2. The highest BCUT2D eigenvalue weighted by Crippen LogP contribution is 2.23. The third-order valence-electron chi connectivity index (χ3n) is 2.99. The molecule has 106 valence electrons. The van der Waals surface area contributed by atoms with Crippen molar-refractivity contribution in [3.8, 4) is 0 Å². The van der Waals surface area contributed by atoms with Gasteiger partial charge in [-0.05, 0) is 24.6 Å². The van der Waals surface area contributed by atoms with Gasteiger partial charge >= 0.3 is 0 Å². The SMILES string of the molecule is Cc1nc(Cc2ccc(Cl)c(Cl)c2)[nH]c(=O)c1CCO. The molecule has 0 radical (unpaired) electrons. The number of nitrogens with one attached hydrogen (secondary N) is 1. The van der Waals surface area contributed by atoms with Crippen LogP contribution in [0.25, 0.3) is 0 Å². The summed E-state index contributed by atoms with van der Waals surface area (Å²) in [6, 6.07) is 5.30. The molecular weight excluding hydrogens is 299 g/mol. The molecule has 2 N–H and O–H groups in total. The van der Waals surface area contributed by atoms with E-state index in [1.54, 1.807) is 19.1 Å². The molecule has 0 amide bonds. The van der Waals surface area contributed by atoms with Gasteiger partial charge in [0.1, 0.15) is 5.82 Å². The summed E-state index contributed by atoms with van der Waals surface area (Å²) < 4.78 is 0. The molecule has 2 aromatic rings. The third kappa shape index (κ3) is 3.39. The highest BCUT2D eigenvalue weighted by atomic mass is 35.5. The molecule has 2 rings (SSSR count). The van der Waals surface area contributed by atoms with E-state index in [-0.39, 0.29) is 12.2 Å². The van der Waals surface area contributed by atoms with Gasteiger partial charge in [-0.1, -0.05) is 29.3 Å². The van der Waals surface area contributed by atoms with E-state index >= 15 is 0 Å². The number of benzene rings is 1. The summed E-state index contributed by atoms with van der Waals surface area (Å²) in [7, 11) is 0. The van der Waals surface area contributed by atoms with Crippen LogP contribution < -0.4 is 5.56 Å². The van der Waals surface area contributed by atoms with Crippen LogP contribution in [-0.2, 0) is 12.8 Å². The summed E-state index contributed by atoms with van der Waals surface area (Å²) in [5, 5.41) is 9.89. The van der Waals surface area contributed by atoms with E-state index in [4.69, 9.17) is 28.3 Å². The Morgan fingerprint density at radius 2 is 2.05 bits per heavy atom. The smallest absolute Gasteiger partial charge is 0.254 e. The first-order valence-electron chi connectivity index (χ1n) is 6.14. The number of aromatic nitrogens is 2. The zero-order valence-electron chi connectivity index (χ0n) is 10.9. The van der Waals surface area contributed by atoms with Crippen molar-refractivity contribution in [1.82, 2.24) is 9.97 Å². The molecular formula is C14H14Cl2N2O2.